The molecule has 9 nitrogen and oxygen atoms in total. The quantitative estimate of drug-likeness (QED) is 0.489. The van der Waals surface area contributed by atoms with E-state index >= 15 is 0 Å². The zero-order valence-corrected chi connectivity index (χ0v) is 18.9. The van der Waals surface area contributed by atoms with Crippen LogP contribution in [0.2, 0.25) is 0 Å². The maximum atomic E-state index is 13.3. The molecule has 0 saturated heterocycles. The number of benzene rings is 1. The molecular formula is C24H23F2N5O4. The number of pyridine rings is 1. The number of rotatable bonds is 6. The number of hydrogen-bond donors (Lipinski definition) is 2. The first kappa shape index (κ1) is 22.9. The molecule has 0 bridgehead atoms. The van der Waals surface area contributed by atoms with Gasteiger partial charge in [-0.3, -0.25) is 14.6 Å². The number of carbonyl (C=O) groups excluding carboxylic acids is 2. The predicted molar refractivity (Wildman–Crippen MR) is 120 cm³/mol. The van der Waals surface area contributed by atoms with E-state index in [1.807, 2.05) is 6.07 Å². The fourth-order valence-corrected chi connectivity index (χ4v) is 4.83. The number of esters is 1. The minimum Gasteiger partial charge on any atom is -0.469 e. The second-order valence-corrected chi connectivity index (χ2v) is 9.01. The number of amides is 1. The van der Waals surface area contributed by atoms with E-state index in [4.69, 9.17) is 9.15 Å². The Morgan fingerprint density at radius 1 is 1.09 bits per heavy atom. The van der Waals surface area contributed by atoms with E-state index in [1.54, 1.807) is 12.3 Å². The molecule has 1 amide bonds. The Morgan fingerprint density at radius 3 is 2.54 bits per heavy atom. The summed E-state index contributed by atoms with van der Waals surface area (Å²) in [6.07, 6.45) is 6.37. The highest BCUT2D eigenvalue weighted by Crippen LogP contribution is 2.63. The molecule has 1 aromatic carbocycles. The maximum Gasteiger partial charge on any atom is 0.320 e. The minimum absolute atomic E-state index is 0.0382. The summed E-state index contributed by atoms with van der Waals surface area (Å²) < 4.78 is 36.5. The van der Waals surface area contributed by atoms with Crippen LogP contribution in [-0.4, -0.2) is 34.2 Å². The van der Waals surface area contributed by atoms with Gasteiger partial charge in [-0.25, -0.2) is 8.78 Å². The largest absolute Gasteiger partial charge is 0.469 e. The summed E-state index contributed by atoms with van der Waals surface area (Å²) in [5, 5.41) is 12.6. The van der Waals surface area contributed by atoms with Gasteiger partial charge in [0.25, 0.3) is 0 Å². The third kappa shape index (κ3) is 4.71. The van der Waals surface area contributed by atoms with Crippen LogP contribution in [0.15, 0.2) is 40.9 Å². The Hall–Kier alpha value is -3.89. The zero-order chi connectivity index (χ0) is 24.6. The topological polar surface area (TPSA) is 119 Å². The molecule has 11 heteroatoms. The summed E-state index contributed by atoms with van der Waals surface area (Å²) in [5.41, 5.74) is 1.71. The molecule has 2 aromatic heterocycles. The Labute approximate surface area is 199 Å². The summed E-state index contributed by atoms with van der Waals surface area (Å²) in [6, 6.07) is 6.68. The van der Waals surface area contributed by atoms with Crippen LogP contribution in [0.5, 0.6) is 0 Å². The molecule has 3 aromatic rings. The van der Waals surface area contributed by atoms with Gasteiger partial charge in [0.1, 0.15) is 0 Å². The minimum atomic E-state index is -1.03. The summed E-state index contributed by atoms with van der Waals surface area (Å²) in [5.74, 6) is -2.71. The molecule has 2 fully saturated rings. The summed E-state index contributed by atoms with van der Waals surface area (Å²) in [4.78, 5) is 28.8. The van der Waals surface area contributed by atoms with Crippen LogP contribution in [0.1, 0.15) is 54.4 Å². The first-order valence-corrected chi connectivity index (χ1v) is 11.3. The van der Waals surface area contributed by atoms with Crippen molar-refractivity contribution in [3.05, 3.63) is 59.7 Å². The SMILES string of the molecule is COC(=O)C1C[C@]12CC[C@H](c1ccc(NC(=O)c3nnc(Nc4ccc(F)c(F)c4)o3)cn1)CC2. The summed E-state index contributed by atoms with van der Waals surface area (Å²) in [7, 11) is 1.44. The van der Waals surface area contributed by atoms with Crippen molar-refractivity contribution in [1.29, 1.82) is 0 Å². The molecule has 2 heterocycles. The molecule has 2 aliphatic carbocycles. The zero-order valence-electron chi connectivity index (χ0n) is 18.9. The Balaban J connectivity index is 1.15. The first-order chi connectivity index (χ1) is 16.9. The number of halogens is 2. The first-order valence-electron chi connectivity index (χ1n) is 11.3. The van der Waals surface area contributed by atoms with E-state index < -0.39 is 17.5 Å². The number of carbonyl (C=O) groups is 2. The molecule has 182 valence electrons. The summed E-state index contributed by atoms with van der Waals surface area (Å²) in [6.45, 7) is 0. The fourth-order valence-electron chi connectivity index (χ4n) is 4.83. The molecule has 35 heavy (non-hydrogen) atoms. The number of hydrogen-bond acceptors (Lipinski definition) is 8. The Kier molecular flexibility index (Phi) is 5.91. The van der Waals surface area contributed by atoms with Crippen LogP contribution in [0.25, 0.3) is 0 Å². The summed E-state index contributed by atoms with van der Waals surface area (Å²) >= 11 is 0. The van der Waals surface area contributed by atoms with Gasteiger partial charge in [-0.2, -0.15) is 0 Å². The van der Waals surface area contributed by atoms with E-state index in [1.165, 1.54) is 13.2 Å². The van der Waals surface area contributed by atoms with Crippen LogP contribution >= 0.6 is 0 Å². The van der Waals surface area contributed by atoms with Crippen LogP contribution in [0, 0.1) is 23.0 Å². The van der Waals surface area contributed by atoms with Crippen molar-refractivity contribution in [3.8, 4) is 0 Å². The number of nitrogens with zero attached hydrogens (tertiary/aromatic N) is 3. The van der Waals surface area contributed by atoms with E-state index in [0.717, 1.165) is 49.9 Å². The molecule has 2 N–H and O–H groups in total. The molecule has 1 atom stereocenters. The lowest BCUT2D eigenvalue weighted by atomic mass is 9.77. The molecule has 0 radical (unpaired) electrons. The average Bonchev–Trinajstić information content (AvgIpc) is 3.35. The average molecular weight is 483 g/mol. The smallest absolute Gasteiger partial charge is 0.320 e. The number of anilines is 3. The Morgan fingerprint density at radius 2 is 1.86 bits per heavy atom. The number of ether oxygens (including phenoxy) is 1. The number of methoxy groups -OCH3 is 1. The van der Waals surface area contributed by atoms with Crippen molar-refractivity contribution in [2.24, 2.45) is 11.3 Å². The van der Waals surface area contributed by atoms with Gasteiger partial charge in [0.2, 0.25) is 0 Å². The second kappa shape index (κ2) is 9.05. The van der Waals surface area contributed by atoms with Crippen molar-refractivity contribution in [1.82, 2.24) is 15.2 Å². The fraction of sp³-hybridized carbons (Fsp3) is 0.375. The van der Waals surface area contributed by atoms with E-state index in [2.05, 4.69) is 25.8 Å². The standard InChI is InChI=1S/C24H23F2N5O4/c1-34-22(33)16-11-24(16)8-6-13(7-9-24)19-5-3-15(12-27-19)28-20(32)21-30-31-23(35-21)29-14-2-4-17(25)18(26)10-14/h2-5,10,12-13,16H,6-9,11H2,1H3,(H,28,32)(H,29,31)/t13-,16?,24+. The van der Waals surface area contributed by atoms with Crippen LogP contribution < -0.4 is 10.6 Å². The maximum absolute atomic E-state index is 13.3. The van der Waals surface area contributed by atoms with Gasteiger partial charge in [0.15, 0.2) is 11.6 Å². The lowest BCUT2D eigenvalue weighted by Gasteiger charge is -2.28. The van der Waals surface area contributed by atoms with E-state index in [-0.39, 0.29) is 34.9 Å². The molecule has 5 rings (SSSR count). The van der Waals surface area contributed by atoms with Crippen LogP contribution in [0.3, 0.4) is 0 Å². The van der Waals surface area contributed by atoms with Crippen molar-refractivity contribution in [2.45, 2.75) is 38.0 Å². The lowest BCUT2D eigenvalue weighted by Crippen LogP contribution is -2.20. The lowest BCUT2D eigenvalue weighted by molar-refractivity contribution is -0.143. The van der Waals surface area contributed by atoms with Crippen LogP contribution in [-0.2, 0) is 9.53 Å². The monoisotopic (exact) mass is 483 g/mol. The molecular weight excluding hydrogens is 460 g/mol. The highest BCUT2D eigenvalue weighted by Gasteiger charge is 2.59. The van der Waals surface area contributed by atoms with E-state index in [0.29, 0.717) is 11.6 Å². The van der Waals surface area contributed by atoms with Crippen LogP contribution in [0.4, 0.5) is 26.2 Å². The molecule has 2 saturated carbocycles. The highest BCUT2D eigenvalue weighted by atomic mass is 19.2. The molecule has 0 aliphatic heterocycles. The molecule has 1 unspecified atom stereocenters. The van der Waals surface area contributed by atoms with Gasteiger partial charge in [0, 0.05) is 23.4 Å². The normalized spacial score (nSPS) is 23.1. The third-order valence-electron chi connectivity index (χ3n) is 6.91. The van der Waals surface area contributed by atoms with Gasteiger partial charge < -0.3 is 19.8 Å². The van der Waals surface area contributed by atoms with Gasteiger partial charge in [-0.15, -0.1) is 5.10 Å². The van der Waals surface area contributed by atoms with Gasteiger partial charge in [-0.05, 0) is 61.8 Å². The van der Waals surface area contributed by atoms with Crippen molar-refractivity contribution < 1.29 is 27.5 Å². The molecule has 2 aliphatic rings. The number of aromatic nitrogens is 3. The number of nitrogens with one attached hydrogen (secondary N) is 2. The van der Waals surface area contributed by atoms with Gasteiger partial charge in [0.05, 0.1) is 24.9 Å². The highest BCUT2D eigenvalue weighted by molar-refractivity contribution is 6.00. The van der Waals surface area contributed by atoms with Crippen molar-refractivity contribution in [2.75, 3.05) is 17.7 Å². The van der Waals surface area contributed by atoms with Crippen molar-refractivity contribution in [3.63, 3.8) is 0 Å². The Bertz CT molecular complexity index is 1260. The van der Waals surface area contributed by atoms with Crippen molar-refractivity contribution >= 4 is 29.3 Å². The van der Waals surface area contributed by atoms with Gasteiger partial charge in [-0.1, -0.05) is 5.10 Å². The molecule has 1 spiro atoms. The van der Waals surface area contributed by atoms with Gasteiger partial charge >= 0.3 is 23.8 Å². The second-order valence-electron chi connectivity index (χ2n) is 9.01. The van der Waals surface area contributed by atoms with E-state index in [9.17, 15) is 18.4 Å². The predicted octanol–water partition coefficient (Wildman–Crippen LogP) is 4.58. The third-order valence-corrected chi connectivity index (χ3v) is 6.91.